The van der Waals surface area contributed by atoms with E-state index in [1.165, 1.54) is 12.1 Å². The molecule has 1 atom stereocenters. The maximum Gasteiger partial charge on any atom is 0.123 e. The number of hydrogen-bond acceptors (Lipinski definition) is 3. The van der Waals surface area contributed by atoms with Gasteiger partial charge in [-0.1, -0.05) is 23.7 Å². The van der Waals surface area contributed by atoms with Crippen LogP contribution in [0.5, 0.6) is 0 Å². The van der Waals surface area contributed by atoms with Crippen molar-refractivity contribution in [2.75, 3.05) is 0 Å². The minimum Gasteiger partial charge on any atom is -0.271 e. The lowest BCUT2D eigenvalue weighted by Gasteiger charge is -2.17. The Balaban J connectivity index is 2.20. The zero-order valence-electron chi connectivity index (χ0n) is 9.61. The SMILES string of the molecule is NNC(Cc1ccncc1Cl)c1ccc(F)cc1. The number of aromatic nitrogens is 1. The number of rotatable bonds is 4. The van der Waals surface area contributed by atoms with Crippen molar-refractivity contribution < 1.29 is 4.39 Å². The molecule has 1 aromatic carbocycles. The fourth-order valence-electron chi connectivity index (χ4n) is 1.76. The topological polar surface area (TPSA) is 50.9 Å². The number of nitrogens with zero attached hydrogens (tertiary/aromatic N) is 1. The molecule has 0 aliphatic heterocycles. The van der Waals surface area contributed by atoms with Gasteiger partial charge in [0.25, 0.3) is 0 Å². The first-order valence-electron chi connectivity index (χ1n) is 5.50. The van der Waals surface area contributed by atoms with Gasteiger partial charge in [0.05, 0.1) is 11.1 Å². The van der Waals surface area contributed by atoms with Crippen LogP contribution in [-0.4, -0.2) is 4.98 Å². The molecule has 1 unspecified atom stereocenters. The van der Waals surface area contributed by atoms with Crippen LogP contribution in [0.15, 0.2) is 42.7 Å². The van der Waals surface area contributed by atoms with Crippen molar-refractivity contribution in [2.45, 2.75) is 12.5 Å². The summed E-state index contributed by atoms with van der Waals surface area (Å²) in [6.45, 7) is 0. The summed E-state index contributed by atoms with van der Waals surface area (Å²) in [7, 11) is 0. The van der Waals surface area contributed by atoms with Crippen LogP contribution >= 0.6 is 11.6 Å². The van der Waals surface area contributed by atoms with Gasteiger partial charge in [-0.05, 0) is 35.7 Å². The van der Waals surface area contributed by atoms with Crippen LogP contribution in [0.1, 0.15) is 17.2 Å². The van der Waals surface area contributed by atoms with Gasteiger partial charge in [-0.3, -0.25) is 16.3 Å². The van der Waals surface area contributed by atoms with Crippen LogP contribution in [0.2, 0.25) is 5.02 Å². The maximum absolute atomic E-state index is 12.9. The van der Waals surface area contributed by atoms with Crippen LogP contribution in [0, 0.1) is 5.82 Å². The molecular formula is C13H13ClFN3. The first-order valence-corrected chi connectivity index (χ1v) is 5.88. The van der Waals surface area contributed by atoms with Gasteiger partial charge in [-0.2, -0.15) is 0 Å². The number of nitrogens with one attached hydrogen (secondary N) is 1. The van der Waals surface area contributed by atoms with Crippen LogP contribution < -0.4 is 11.3 Å². The van der Waals surface area contributed by atoms with Gasteiger partial charge >= 0.3 is 0 Å². The summed E-state index contributed by atoms with van der Waals surface area (Å²) in [5, 5.41) is 0.597. The Morgan fingerprint density at radius 1 is 1.28 bits per heavy atom. The summed E-state index contributed by atoms with van der Waals surface area (Å²) in [5.41, 5.74) is 4.56. The fraction of sp³-hybridized carbons (Fsp3) is 0.154. The van der Waals surface area contributed by atoms with Crippen LogP contribution in [-0.2, 0) is 6.42 Å². The molecule has 1 aromatic heterocycles. The molecule has 0 saturated carbocycles. The van der Waals surface area contributed by atoms with Gasteiger partial charge in [0.1, 0.15) is 5.82 Å². The first-order chi connectivity index (χ1) is 8.70. The average molecular weight is 266 g/mol. The molecule has 0 amide bonds. The Labute approximate surface area is 110 Å². The van der Waals surface area contributed by atoms with Gasteiger partial charge < -0.3 is 0 Å². The predicted molar refractivity (Wildman–Crippen MR) is 69.4 cm³/mol. The van der Waals surface area contributed by atoms with Crippen molar-refractivity contribution in [2.24, 2.45) is 5.84 Å². The highest BCUT2D eigenvalue weighted by Gasteiger charge is 2.12. The molecule has 0 fully saturated rings. The molecule has 94 valence electrons. The number of hydrogen-bond donors (Lipinski definition) is 2. The molecule has 0 spiro atoms. The average Bonchev–Trinajstić information content (AvgIpc) is 2.39. The normalized spacial score (nSPS) is 12.4. The third kappa shape index (κ3) is 3.04. The number of benzene rings is 1. The van der Waals surface area contributed by atoms with Gasteiger partial charge in [0.15, 0.2) is 0 Å². The highest BCUT2D eigenvalue weighted by atomic mass is 35.5. The molecule has 0 aliphatic rings. The zero-order chi connectivity index (χ0) is 13.0. The number of pyridine rings is 1. The second-order valence-corrected chi connectivity index (χ2v) is 4.35. The van der Waals surface area contributed by atoms with Crippen molar-refractivity contribution >= 4 is 11.6 Å². The largest absolute Gasteiger partial charge is 0.271 e. The van der Waals surface area contributed by atoms with E-state index < -0.39 is 0 Å². The van der Waals surface area contributed by atoms with E-state index in [9.17, 15) is 4.39 Å². The first kappa shape index (κ1) is 13.0. The second kappa shape index (κ2) is 5.91. The summed E-state index contributed by atoms with van der Waals surface area (Å²) in [5.74, 6) is 5.27. The Morgan fingerprint density at radius 2 is 2.00 bits per heavy atom. The molecule has 0 saturated heterocycles. The summed E-state index contributed by atoms with van der Waals surface area (Å²) in [4.78, 5) is 3.93. The number of nitrogens with two attached hydrogens (primary N) is 1. The molecule has 5 heteroatoms. The molecule has 2 rings (SSSR count). The Kier molecular flexibility index (Phi) is 4.25. The minimum atomic E-state index is -0.267. The fourth-order valence-corrected chi connectivity index (χ4v) is 1.95. The third-order valence-electron chi connectivity index (χ3n) is 2.75. The Hall–Kier alpha value is -1.49. The highest BCUT2D eigenvalue weighted by Crippen LogP contribution is 2.22. The summed E-state index contributed by atoms with van der Waals surface area (Å²) in [6.07, 6.45) is 3.89. The smallest absolute Gasteiger partial charge is 0.123 e. The predicted octanol–water partition coefficient (Wildman–Crippen LogP) is 2.62. The highest BCUT2D eigenvalue weighted by molar-refractivity contribution is 6.31. The summed E-state index contributed by atoms with van der Waals surface area (Å²) >= 11 is 6.05. The summed E-state index contributed by atoms with van der Waals surface area (Å²) in [6, 6.07) is 7.95. The standard InChI is InChI=1S/C13H13ClFN3/c14-12-8-17-6-5-10(12)7-13(18-16)9-1-3-11(15)4-2-9/h1-6,8,13,18H,7,16H2. The third-order valence-corrected chi connectivity index (χ3v) is 3.09. The maximum atomic E-state index is 12.9. The van der Waals surface area contributed by atoms with E-state index in [1.807, 2.05) is 6.07 Å². The molecule has 0 bridgehead atoms. The zero-order valence-corrected chi connectivity index (χ0v) is 10.4. The van der Waals surface area contributed by atoms with Crippen molar-refractivity contribution in [1.29, 1.82) is 0 Å². The van der Waals surface area contributed by atoms with Crippen LogP contribution in [0.4, 0.5) is 4.39 Å². The van der Waals surface area contributed by atoms with Crippen molar-refractivity contribution in [3.63, 3.8) is 0 Å². The Morgan fingerprint density at radius 3 is 2.61 bits per heavy atom. The van der Waals surface area contributed by atoms with Gasteiger partial charge in [-0.15, -0.1) is 0 Å². The monoisotopic (exact) mass is 265 g/mol. The number of halogens is 2. The van der Waals surface area contributed by atoms with Crippen LogP contribution in [0.25, 0.3) is 0 Å². The minimum absolute atomic E-state index is 0.120. The molecule has 3 nitrogen and oxygen atoms in total. The molecule has 0 radical (unpaired) electrons. The quantitative estimate of drug-likeness (QED) is 0.660. The van der Waals surface area contributed by atoms with Gasteiger partial charge in [0.2, 0.25) is 0 Å². The van der Waals surface area contributed by atoms with E-state index in [-0.39, 0.29) is 11.9 Å². The van der Waals surface area contributed by atoms with E-state index in [4.69, 9.17) is 17.4 Å². The van der Waals surface area contributed by atoms with Gasteiger partial charge in [-0.25, -0.2) is 4.39 Å². The summed E-state index contributed by atoms with van der Waals surface area (Å²) < 4.78 is 12.9. The van der Waals surface area contributed by atoms with Crippen molar-refractivity contribution in [3.05, 3.63) is 64.7 Å². The van der Waals surface area contributed by atoms with Crippen LogP contribution in [0.3, 0.4) is 0 Å². The van der Waals surface area contributed by atoms with E-state index in [0.29, 0.717) is 11.4 Å². The van der Waals surface area contributed by atoms with E-state index in [2.05, 4.69) is 10.4 Å². The molecular weight excluding hydrogens is 253 g/mol. The van der Waals surface area contributed by atoms with E-state index in [0.717, 1.165) is 11.1 Å². The van der Waals surface area contributed by atoms with Crippen molar-refractivity contribution in [3.8, 4) is 0 Å². The molecule has 1 heterocycles. The van der Waals surface area contributed by atoms with Gasteiger partial charge in [0, 0.05) is 12.4 Å². The van der Waals surface area contributed by atoms with E-state index >= 15 is 0 Å². The molecule has 3 N–H and O–H groups in total. The molecule has 0 aliphatic carbocycles. The van der Waals surface area contributed by atoms with E-state index in [1.54, 1.807) is 24.5 Å². The second-order valence-electron chi connectivity index (χ2n) is 3.94. The number of hydrazine groups is 1. The Bertz CT molecular complexity index is 516. The lowest BCUT2D eigenvalue weighted by molar-refractivity contribution is 0.549. The molecule has 2 aromatic rings. The lowest BCUT2D eigenvalue weighted by Crippen LogP contribution is -2.29. The van der Waals surface area contributed by atoms with Crippen molar-refractivity contribution in [1.82, 2.24) is 10.4 Å². The molecule has 18 heavy (non-hydrogen) atoms. The lowest BCUT2D eigenvalue weighted by atomic mass is 10.00.